The molecule has 0 amide bonds. The van der Waals surface area contributed by atoms with Gasteiger partial charge in [0.15, 0.2) is 0 Å². The minimum absolute atomic E-state index is 0.405. The van der Waals surface area contributed by atoms with E-state index in [1.807, 2.05) is 0 Å². The van der Waals surface area contributed by atoms with Gasteiger partial charge in [0.05, 0.1) is 18.6 Å². The van der Waals surface area contributed by atoms with E-state index in [1.165, 1.54) is 19.2 Å². The van der Waals surface area contributed by atoms with Gasteiger partial charge in [-0.15, -0.1) is 0 Å². The Morgan fingerprint density at radius 2 is 1.52 bits per heavy atom. The molecule has 0 unspecified atom stereocenters. The van der Waals surface area contributed by atoms with Crippen molar-refractivity contribution in [2.75, 3.05) is 13.7 Å². The van der Waals surface area contributed by atoms with Crippen molar-refractivity contribution in [2.24, 2.45) is 0 Å². The third kappa shape index (κ3) is 4.21. The van der Waals surface area contributed by atoms with Crippen LogP contribution in [0.3, 0.4) is 0 Å². The van der Waals surface area contributed by atoms with Crippen LogP contribution in [0, 0.1) is 10.1 Å². The molecule has 2 rings (SSSR count). The fraction of sp³-hybridized carbons (Fsp3) is 0.250. The minimum atomic E-state index is -4.43. The van der Waals surface area contributed by atoms with Gasteiger partial charge in [0.2, 0.25) is 6.54 Å². The molecule has 7 heteroatoms. The van der Waals surface area contributed by atoms with Crippen LogP contribution in [0.2, 0.25) is 0 Å². The van der Waals surface area contributed by atoms with Crippen molar-refractivity contribution < 1.29 is 22.8 Å². The Labute approximate surface area is 130 Å². The number of ether oxygens (including phenoxy) is 1. The van der Waals surface area contributed by atoms with E-state index in [2.05, 4.69) is 0 Å². The number of hydrogen-bond acceptors (Lipinski definition) is 3. The molecular formula is C16H14F3NO3. The SMILES string of the molecule is COc1ccc([C@@H](C[N+](=O)[O-])c2ccc(C(F)(F)F)cc2)cc1. The molecule has 0 bridgehead atoms. The molecule has 0 N–H and O–H groups in total. The molecule has 4 nitrogen and oxygen atoms in total. The van der Waals surface area contributed by atoms with E-state index in [9.17, 15) is 23.3 Å². The highest BCUT2D eigenvalue weighted by Gasteiger charge is 2.30. The van der Waals surface area contributed by atoms with Crippen LogP contribution in [0.5, 0.6) is 5.75 Å². The van der Waals surface area contributed by atoms with Crippen LogP contribution < -0.4 is 4.74 Å². The maximum atomic E-state index is 12.6. The predicted octanol–water partition coefficient (Wildman–Crippen LogP) is 4.12. The van der Waals surface area contributed by atoms with E-state index in [0.717, 1.165) is 12.1 Å². The van der Waals surface area contributed by atoms with Gasteiger partial charge in [0.25, 0.3) is 0 Å². The molecule has 23 heavy (non-hydrogen) atoms. The summed E-state index contributed by atoms with van der Waals surface area (Å²) in [5.41, 5.74) is 0.318. The van der Waals surface area contributed by atoms with Crippen LogP contribution in [-0.4, -0.2) is 18.6 Å². The molecule has 122 valence electrons. The van der Waals surface area contributed by atoms with E-state index < -0.39 is 29.1 Å². The van der Waals surface area contributed by atoms with Gasteiger partial charge in [-0.2, -0.15) is 13.2 Å². The van der Waals surface area contributed by atoms with Crippen LogP contribution in [0.1, 0.15) is 22.6 Å². The summed E-state index contributed by atoms with van der Waals surface area (Å²) in [6, 6.07) is 11.1. The summed E-state index contributed by atoms with van der Waals surface area (Å²) >= 11 is 0. The Bertz CT molecular complexity index is 666. The van der Waals surface area contributed by atoms with E-state index in [1.54, 1.807) is 24.3 Å². The third-order valence-corrected chi connectivity index (χ3v) is 3.49. The first-order chi connectivity index (χ1) is 10.8. The van der Waals surface area contributed by atoms with Gasteiger partial charge in [-0.1, -0.05) is 24.3 Å². The molecule has 0 heterocycles. The number of alkyl halides is 3. The van der Waals surface area contributed by atoms with Gasteiger partial charge in [0, 0.05) is 4.92 Å². The summed E-state index contributed by atoms with van der Waals surface area (Å²) in [7, 11) is 1.50. The van der Waals surface area contributed by atoms with Crippen molar-refractivity contribution in [1.29, 1.82) is 0 Å². The Morgan fingerprint density at radius 3 is 1.91 bits per heavy atom. The van der Waals surface area contributed by atoms with Gasteiger partial charge >= 0.3 is 6.18 Å². The lowest BCUT2D eigenvalue weighted by Crippen LogP contribution is -2.14. The lowest BCUT2D eigenvalue weighted by molar-refractivity contribution is -0.481. The monoisotopic (exact) mass is 325 g/mol. The zero-order valence-electron chi connectivity index (χ0n) is 12.2. The van der Waals surface area contributed by atoms with Crippen molar-refractivity contribution in [1.82, 2.24) is 0 Å². The van der Waals surface area contributed by atoms with Crippen molar-refractivity contribution in [3.63, 3.8) is 0 Å². The maximum absolute atomic E-state index is 12.6. The molecule has 0 radical (unpaired) electrons. The lowest BCUT2D eigenvalue weighted by Gasteiger charge is -2.15. The number of methoxy groups -OCH3 is 1. The second kappa shape index (κ2) is 6.68. The first kappa shape index (κ1) is 16.8. The van der Waals surface area contributed by atoms with E-state index >= 15 is 0 Å². The Hall–Kier alpha value is -2.57. The minimum Gasteiger partial charge on any atom is -0.497 e. The van der Waals surface area contributed by atoms with Crippen LogP contribution in [0.25, 0.3) is 0 Å². The number of hydrogen-bond donors (Lipinski definition) is 0. The van der Waals surface area contributed by atoms with Gasteiger partial charge in [0.1, 0.15) is 5.75 Å². The number of nitro groups is 1. The highest BCUT2D eigenvalue weighted by atomic mass is 19.4. The molecule has 2 aromatic rings. The molecule has 0 saturated heterocycles. The van der Waals surface area contributed by atoms with Crippen LogP contribution in [0.4, 0.5) is 13.2 Å². The largest absolute Gasteiger partial charge is 0.497 e. The number of benzene rings is 2. The second-order valence-electron chi connectivity index (χ2n) is 4.96. The first-order valence-corrected chi connectivity index (χ1v) is 6.74. The normalized spacial score (nSPS) is 12.7. The summed E-state index contributed by atoms with van der Waals surface area (Å²) in [6.07, 6.45) is -4.43. The highest BCUT2D eigenvalue weighted by Crippen LogP contribution is 2.32. The average molecular weight is 325 g/mol. The van der Waals surface area contributed by atoms with Crippen LogP contribution >= 0.6 is 0 Å². The molecule has 2 aromatic carbocycles. The predicted molar refractivity (Wildman–Crippen MR) is 78.1 cm³/mol. The lowest BCUT2D eigenvalue weighted by atomic mass is 9.90. The molecule has 0 aliphatic rings. The van der Waals surface area contributed by atoms with Gasteiger partial charge in [-0.05, 0) is 35.4 Å². The molecular weight excluding hydrogens is 311 g/mol. The molecule has 1 atom stereocenters. The highest BCUT2D eigenvalue weighted by molar-refractivity contribution is 5.37. The summed E-state index contributed by atoms with van der Waals surface area (Å²) in [6.45, 7) is -0.405. The Kier molecular flexibility index (Phi) is 4.88. The Balaban J connectivity index is 2.35. The molecule has 0 aliphatic heterocycles. The van der Waals surface area contributed by atoms with Crippen molar-refractivity contribution in [2.45, 2.75) is 12.1 Å². The standard InChI is InChI=1S/C16H14F3NO3/c1-23-14-8-4-12(5-9-14)15(10-20(21)22)11-2-6-13(7-3-11)16(17,18)19/h2-9,15H,10H2,1H3/t15-/m0/s1. The molecule has 0 spiro atoms. The number of rotatable bonds is 5. The summed E-state index contributed by atoms with van der Waals surface area (Å²) < 4.78 is 42.9. The van der Waals surface area contributed by atoms with Gasteiger partial charge < -0.3 is 4.74 Å². The third-order valence-electron chi connectivity index (χ3n) is 3.49. The maximum Gasteiger partial charge on any atom is 0.416 e. The molecule has 0 aromatic heterocycles. The average Bonchev–Trinajstić information content (AvgIpc) is 2.52. The smallest absolute Gasteiger partial charge is 0.416 e. The zero-order valence-corrected chi connectivity index (χ0v) is 12.2. The number of halogens is 3. The summed E-state index contributed by atoms with van der Waals surface area (Å²) in [4.78, 5) is 10.4. The topological polar surface area (TPSA) is 52.4 Å². The fourth-order valence-electron chi connectivity index (χ4n) is 2.29. The fourth-order valence-corrected chi connectivity index (χ4v) is 2.29. The van der Waals surface area contributed by atoms with E-state index in [4.69, 9.17) is 4.74 Å². The first-order valence-electron chi connectivity index (χ1n) is 6.74. The molecule has 0 fully saturated rings. The van der Waals surface area contributed by atoms with Crippen LogP contribution in [0.15, 0.2) is 48.5 Å². The van der Waals surface area contributed by atoms with Crippen molar-refractivity contribution >= 4 is 0 Å². The van der Waals surface area contributed by atoms with E-state index in [-0.39, 0.29) is 0 Å². The van der Waals surface area contributed by atoms with Crippen molar-refractivity contribution in [3.8, 4) is 5.75 Å². The second-order valence-corrected chi connectivity index (χ2v) is 4.96. The quantitative estimate of drug-likeness (QED) is 0.614. The van der Waals surface area contributed by atoms with Gasteiger partial charge in [-0.25, -0.2) is 0 Å². The Morgan fingerprint density at radius 1 is 1.04 bits per heavy atom. The summed E-state index contributed by atoms with van der Waals surface area (Å²) in [5, 5.41) is 10.9. The van der Waals surface area contributed by atoms with Crippen LogP contribution in [-0.2, 0) is 6.18 Å². The molecule has 0 saturated carbocycles. The summed E-state index contributed by atoms with van der Waals surface area (Å²) in [5.74, 6) is -0.0285. The molecule has 0 aliphatic carbocycles. The van der Waals surface area contributed by atoms with Crippen molar-refractivity contribution in [3.05, 3.63) is 75.3 Å². The van der Waals surface area contributed by atoms with Gasteiger partial charge in [-0.3, -0.25) is 10.1 Å². The van der Waals surface area contributed by atoms with E-state index in [0.29, 0.717) is 16.9 Å². The number of nitrogens with zero attached hydrogens (tertiary/aromatic N) is 1. The zero-order chi connectivity index (χ0) is 17.0.